The Bertz CT molecular complexity index is 152. The summed E-state index contributed by atoms with van der Waals surface area (Å²) in [6.45, 7) is 6.02. The van der Waals surface area contributed by atoms with Crippen molar-refractivity contribution >= 4 is 5.97 Å². The molecule has 0 bridgehead atoms. The molecule has 0 saturated carbocycles. The van der Waals surface area contributed by atoms with Crippen molar-refractivity contribution in [1.82, 2.24) is 5.32 Å². The highest BCUT2D eigenvalue weighted by Crippen LogP contribution is 1.98. The van der Waals surface area contributed by atoms with Crippen molar-refractivity contribution in [2.24, 2.45) is 11.7 Å². The number of ether oxygens (including phenoxy) is 1. The van der Waals surface area contributed by atoms with E-state index in [1.807, 2.05) is 13.8 Å². The molecule has 3 N–H and O–H groups in total. The molecule has 0 aliphatic carbocycles. The van der Waals surface area contributed by atoms with Gasteiger partial charge in [0.25, 0.3) is 0 Å². The molecule has 0 spiro atoms. The van der Waals surface area contributed by atoms with Gasteiger partial charge in [-0.3, -0.25) is 10.1 Å². The first-order chi connectivity index (χ1) is 5.37. The number of esters is 1. The summed E-state index contributed by atoms with van der Waals surface area (Å²) in [5.74, 6) is -0.371. The highest BCUT2D eigenvalue weighted by atomic mass is 16.5. The highest BCUT2D eigenvalue weighted by molar-refractivity contribution is 5.72. The SMILES string of the molecule is COC(=O)C(C)CNC(C)(C)N. The van der Waals surface area contributed by atoms with Crippen molar-refractivity contribution in [3.63, 3.8) is 0 Å². The lowest BCUT2D eigenvalue weighted by Gasteiger charge is -2.22. The van der Waals surface area contributed by atoms with Gasteiger partial charge in [-0.1, -0.05) is 6.92 Å². The van der Waals surface area contributed by atoms with Crippen LogP contribution < -0.4 is 11.1 Å². The molecule has 0 aromatic heterocycles. The van der Waals surface area contributed by atoms with Crippen molar-refractivity contribution in [3.05, 3.63) is 0 Å². The maximum absolute atomic E-state index is 10.9. The summed E-state index contributed by atoms with van der Waals surface area (Å²) in [6, 6.07) is 0. The van der Waals surface area contributed by atoms with Gasteiger partial charge in [0.2, 0.25) is 0 Å². The topological polar surface area (TPSA) is 64.3 Å². The molecule has 12 heavy (non-hydrogen) atoms. The zero-order valence-corrected chi connectivity index (χ0v) is 8.18. The molecule has 1 unspecified atom stereocenters. The predicted molar refractivity (Wildman–Crippen MR) is 47.4 cm³/mol. The van der Waals surface area contributed by atoms with E-state index in [1.165, 1.54) is 7.11 Å². The second-order valence-corrected chi connectivity index (χ2v) is 3.53. The Morgan fingerprint density at radius 3 is 2.50 bits per heavy atom. The lowest BCUT2D eigenvalue weighted by Crippen LogP contribution is -2.50. The number of carbonyl (C=O) groups is 1. The minimum atomic E-state index is -0.442. The van der Waals surface area contributed by atoms with Gasteiger partial charge < -0.3 is 10.5 Å². The first kappa shape index (κ1) is 11.4. The third-order valence-electron chi connectivity index (χ3n) is 1.47. The standard InChI is InChI=1S/C8H18N2O2/c1-6(7(11)12-4)5-10-8(2,3)9/h6,10H,5,9H2,1-4H3. The number of methoxy groups -OCH3 is 1. The maximum Gasteiger partial charge on any atom is 0.309 e. The fourth-order valence-corrected chi connectivity index (χ4v) is 0.701. The van der Waals surface area contributed by atoms with Gasteiger partial charge in [0.1, 0.15) is 0 Å². The van der Waals surface area contributed by atoms with Crippen LogP contribution in [0.3, 0.4) is 0 Å². The lowest BCUT2D eigenvalue weighted by atomic mass is 10.1. The van der Waals surface area contributed by atoms with Gasteiger partial charge >= 0.3 is 5.97 Å². The molecule has 72 valence electrons. The Morgan fingerprint density at radius 2 is 2.17 bits per heavy atom. The number of nitrogens with two attached hydrogens (primary N) is 1. The van der Waals surface area contributed by atoms with Crippen molar-refractivity contribution in [2.45, 2.75) is 26.4 Å². The van der Waals surface area contributed by atoms with E-state index in [1.54, 1.807) is 6.92 Å². The molecular weight excluding hydrogens is 156 g/mol. The van der Waals surface area contributed by atoms with Crippen LogP contribution in [0.25, 0.3) is 0 Å². The van der Waals surface area contributed by atoms with Crippen LogP contribution in [0.4, 0.5) is 0 Å². The molecule has 4 nitrogen and oxygen atoms in total. The molecule has 0 aliphatic heterocycles. The smallest absolute Gasteiger partial charge is 0.309 e. The van der Waals surface area contributed by atoms with E-state index in [9.17, 15) is 4.79 Å². The van der Waals surface area contributed by atoms with E-state index in [0.29, 0.717) is 6.54 Å². The average Bonchev–Trinajstić information content (AvgIpc) is 1.97. The summed E-state index contributed by atoms with van der Waals surface area (Å²) >= 11 is 0. The van der Waals surface area contributed by atoms with E-state index in [-0.39, 0.29) is 11.9 Å². The first-order valence-electron chi connectivity index (χ1n) is 3.98. The molecule has 0 heterocycles. The molecule has 1 atom stereocenters. The summed E-state index contributed by atoms with van der Waals surface area (Å²) in [5, 5.41) is 3.01. The molecule has 4 heteroatoms. The van der Waals surface area contributed by atoms with Gasteiger partial charge in [-0.2, -0.15) is 0 Å². The van der Waals surface area contributed by atoms with E-state index in [2.05, 4.69) is 10.1 Å². The van der Waals surface area contributed by atoms with Gasteiger partial charge in [-0.05, 0) is 13.8 Å². The first-order valence-corrected chi connectivity index (χ1v) is 3.98. The van der Waals surface area contributed by atoms with Gasteiger partial charge in [-0.25, -0.2) is 0 Å². The number of carbonyl (C=O) groups excluding carboxylic acids is 1. The van der Waals surface area contributed by atoms with Crippen LogP contribution in [0.15, 0.2) is 0 Å². The molecule has 0 saturated heterocycles. The minimum Gasteiger partial charge on any atom is -0.469 e. The molecule has 0 aliphatic rings. The van der Waals surface area contributed by atoms with E-state index in [4.69, 9.17) is 5.73 Å². The third-order valence-corrected chi connectivity index (χ3v) is 1.47. The molecule has 0 rings (SSSR count). The number of nitrogens with one attached hydrogen (secondary N) is 1. The van der Waals surface area contributed by atoms with Gasteiger partial charge in [-0.15, -0.1) is 0 Å². The number of rotatable bonds is 4. The summed E-state index contributed by atoms with van der Waals surface area (Å²) in [7, 11) is 1.38. The second kappa shape index (κ2) is 4.42. The molecule has 0 fully saturated rings. The van der Waals surface area contributed by atoms with Crippen LogP contribution >= 0.6 is 0 Å². The number of hydrogen-bond donors (Lipinski definition) is 2. The predicted octanol–water partition coefficient (Wildman–Crippen LogP) is 0.0799. The second-order valence-electron chi connectivity index (χ2n) is 3.53. The van der Waals surface area contributed by atoms with Gasteiger partial charge in [0.05, 0.1) is 18.7 Å². The van der Waals surface area contributed by atoms with Crippen LogP contribution in [0, 0.1) is 5.92 Å². The van der Waals surface area contributed by atoms with E-state index in [0.717, 1.165) is 0 Å². The Hall–Kier alpha value is -0.610. The Labute approximate surface area is 73.5 Å². The quantitative estimate of drug-likeness (QED) is 0.468. The van der Waals surface area contributed by atoms with Crippen LogP contribution in [-0.2, 0) is 9.53 Å². The van der Waals surface area contributed by atoms with Crippen LogP contribution in [0.5, 0.6) is 0 Å². The van der Waals surface area contributed by atoms with Gasteiger partial charge in [0, 0.05) is 6.54 Å². The monoisotopic (exact) mass is 174 g/mol. The van der Waals surface area contributed by atoms with Crippen LogP contribution in [0.2, 0.25) is 0 Å². The van der Waals surface area contributed by atoms with Crippen molar-refractivity contribution in [2.75, 3.05) is 13.7 Å². The van der Waals surface area contributed by atoms with Gasteiger partial charge in [0.15, 0.2) is 0 Å². The molecule has 0 aromatic rings. The summed E-state index contributed by atoms with van der Waals surface area (Å²) < 4.78 is 4.56. The number of hydrogen-bond acceptors (Lipinski definition) is 4. The average molecular weight is 174 g/mol. The maximum atomic E-state index is 10.9. The normalized spacial score (nSPS) is 14.1. The van der Waals surface area contributed by atoms with Crippen molar-refractivity contribution < 1.29 is 9.53 Å². The molecule has 0 radical (unpaired) electrons. The van der Waals surface area contributed by atoms with Crippen molar-refractivity contribution in [3.8, 4) is 0 Å². The minimum absolute atomic E-state index is 0.155. The molecular formula is C8H18N2O2. The fourth-order valence-electron chi connectivity index (χ4n) is 0.701. The van der Waals surface area contributed by atoms with Crippen molar-refractivity contribution in [1.29, 1.82) is 0 Å². The zero-order valence-electron chi connectivity index (χ0n) is 8.18. The van der Waals surface area contributed by atoms with E-state index < -0.39 is 5.66 Å². The Balaban J connectivity index is 3.72. The van der Waals surface area contributed by atoms with Crippen LogP contribution in [-0.4, -0.2) is 25.3 Å². The summed E-state index contributed by atoms with van der Waals surface area (Å²) in [5.41, 5.74) is 5.22. The Morgan fingerprint density at radius 1 is 1.67 bits per heavy atom. The molecule has 0 amide bonds. The fraction of sp³-hybridized carbons (Fsp3) is 0.875. The molecule has 0 aromatic carbocycles. The Kier molecular flexibility index (Phi) is 4.20. The lowest BCUT2D eigenvalue weighted by molar-refractivity contribution is -0.144. The largest absolute Gasteiger partial charge is 0.469 e. The summed E-state index contributed by atoms with van der Waals surface area (Å²) in [6.07, 6.45) is 0. The zero-order chi connectivity index (χ0) is 9.78. The van der Waals surface area contributed by atoms with E-state index >= 15 is 0 Å². The highest BCUT2D eigenvalue weighted by Gasteiger charge is 2.16. The van der Waals surface area contributed by atoms with Crippen LogP contribution in [0.1, 0.15) is 20.8 Å². The third kappa shape index (κ3) is 5.09. The summed E-state index contributed by atoms with van der Waals surface area (Å²) in [4.78, 5) is 10.9.